The summed E-state index contributed by atoms with van der Waals surface area (Å²) in [6.07, 6.45) is -0.183. The Morgan fingerprint density at radius 3 is 2.66 bits per heavy atom. The quantitative estimate of drug-likeness (QED) is 0.512. The van der Waals surface area contributed by atoms with Gasteiger partial charge in [-0.05, 0) is 47.9 Å². The molecule has 3 aromatic rings. The number of methoxy groups -OCH3 is 1. The van der Waals surface area contributed by atoms with E-state index in [2.05, 4.69) is 15.6 Å². The van der Waals surface area contributed by atoms with Gasteiger partial charge in [-0.15, -0.1) is 0 Å². The number of aliphatic hydroxyl groups is 1. The van der Waals surface area contributed by atoms with E-state index < -0.39 is 12.1 Å². The van der Waals surface area contributed by atoms with Gasteiger partial charge in [-0.3, -0.25) is 9.59 Å². The molecule has 1 fully saturated rings. The first-order valence-electron chi connectivity index (χ1n) is 9.56. The third-order valence-electron chi connectivity index (χ3n) is 5.26. The van der Waals surface area contributed by atoms with Crippen LogP contribution in [0.4, 0.5) is 0 Å². The number of carbonyl (C=O) groups excluding carboxylic acids is 2. The Bertz CT molecular complexity index is 1040. The van der Waals surface area contributed by atoms with E-state index in [0.717, 1.165) is 33.5 Å². The molecule has 1 aliphatic rings. The molecule has 0 bridgehead atoms. The summed E-state index contributed by atoms with van der Waals surface area (Å²) in [7, 11) is 1.63. The predicted octanol–water partition coefficient (Wildman–Crippen LogP) is 1.75. The minimum atomic E-state index is -0.894. The Kier molecular flexibility index (Phi) is 5.22. The van der Waals surface area contributed by atoms with Crippen LogP contribution >= 0.6 is 0 Å². The lowest BCUT2D eigenvalue weighted by atomic mass is 10.0. The molecule has 0 saturated carbocycles. The highest BCUT2D eigenvalue weighted by Gasteiger charge is 2.34. The molecule has 2 atom stereocenters. The maximum atomic E-state index is 12.4. The van der Waals surface area contributed by atoms with E-state index in [-0.39, 0.29) is 24.8 Å². The molecule has 2 amide bonds. The number of hydrogen-bond acceptors (Lipinski definition) is 4. The molecule has 4 N–H and O–H groups in total. The number of aromatic nitrogens is 1. The van der Waals surface area contributed by atoms with Crippen molar-refractivity contribution in [1.82, 2.24) is 15.6 Å². The van der Waals surface area contributed by atoms with Crippen molar-refractivity contribution in [1.29, 1.82) is 0 Å². The Morgan fingerprint density at radius 1 is 1.21 bits per heavy atom. The molecule has 0 spiro atoms. The number of aromatic amines is 1. The van der Waals surface area contributed by atoms with E-state index >= 15 is 0 Å². The fraction of sp³-hybridized carbons (Fsp3) is 0.273. The number of hydrogen-bond donors (Lipinski definition) is 4. The Balaban J connectivity index is 1.57. The summed E-state index contributed by atoms with van der Waals surface area (Å²) in [5, 5.41) is 16.1. The number of fused-ring (bicyclic) bond motifs is 1. The molecular formula is C22H23N3O4. The van der Waals surface area contributed by atoms with E-state index in [1.165, 1.54) is 0 Å². The Hall–Kier alpha value is -3.32. The average molecular weight is 393 g/mol. The molecule has 1 aliphatic heterocycles. The van der Waals surface area contributed by atoms with Crippen molar-refractivity contribution in [2.45, 2.75) is 25.0 Å². The number of aliphatic hydroxyl groups excluding tert-OH is 1. The molecule has 7 nitrogen and oxygen atoms in total. The first-order chi connectivity index (χ1) is 14.1. The second-order valence-corrected chi connectivity index (χ2v) is 7.11. The number of nitrogens with one attached hydrogen (secondary N) is 3. The van der Waals surface area contributed by atoms with Crippen LogP contribution in [0.3, 0.4) is 0 Å². The molecule has 2 aromatic carbocycles. The van der Waals surface area contributed by atoms with Crippen molar-refractivity contribution < 1.29 is 19.4 Å². The summed E-state index contributed by atoms with van der Waals surface area (Å²) in [4.78, 5) is 27.6. The maximum absolute atomic E-state index is 12.4. The fourth-order valence-corrected chi connectivity index (χ4v) is 3.72. The summed E-state index contributed by atoms with van der Waals surface area (Å²) in [6, 6.07) is 14.8. The highest BCUT2D eigenvalue weighted by molar-refractivity contribution is 5.92. The minimum Gasteiger partial charge on any atom is -0.497 e. The molecule has 1 aromatic heterocycles. The molecule has 1 saturated heterocycles. The van der Waals surface area contributed by atoms with Gasteiger partial charge in [0.25, 0.3) is 0 Å². The lowest BCUT2D eigenvalue weighted by Crippen LogP contribution is -2.45. The second kappa shape index (κ2) is 7.97. The second-order valence-electron chi connectivity index (χ2n) is 7.11. The standard InChI is InChI=1S/C22H23N3O4/c1-29-14-8-6-13(7-9-14)20-16(15-4-2-3-5-17(15)24-20)10-11-19(27)25-21-18(26)12-23-22(21)28/h2-9,18,21,24,26H,10-12H2,1H3,(H,23,28)(H,25,27)/t18-,21+/m1/s1. The predicted molar refractivity (Wildman–Crippen MR) is 110 cm³/mol. The van der Waals surface area contributed by atoms with Crippen LogP contribution in [-0.2, 0) is 16.0 Å². The third-order valence-corrected chi connectivity index (χ3v) is 5.26. The van der Waals surface area contributed by atoms with Gasteiger partial charge in [0.1, 0.15) is 17.9 Å². The van der Waals surface area contributed by atoms with Crippen molar-refractivity contribution >= 4 is 22.7 Å². The van der Waals surface area contributed by atoms with E-state index in [9.17, 15) is 14.7 Å². The first kappa shape index (κ1) is 19.0. The number of benzene rings is 2. The van der Waals surface area contributed by atoms with Crippen molar-refractivity contribution in [2.75, 3.05) is 13.7 Å². The van der Waals surface area contributed by atoms with Gasteiger partial charge < -0.3 is 25.5 Å². The van der Waals surface area contributed by atoms with Crippen LogP contribution in [0.2, 0.25) is 0 Å². The molecule has 0 radical (unpaired) electrons. The molecule has 0 aliphatic carbocycles. The SMILES string of the molecule is COc1ccc(-c2[nH]c3ccccc3c2CCC(=O)N[C@@H]2C(=O)NC[C@H]2O)cc1. The number of ether oxygens (including phenoxy) is 1. The van der Waals surface area contributed by atoms with Crippen molar-refractivity contribution in [2.24, 2.45) is 0 Å². The number of carbonyl (C=O) groups is 2. The molecule has 0 unspecified atom stereocenters. The molecular weight excluding hydrogens is 370 g/mol. The van der Waals surface area contributed by atoms with Crippen molar-refractivity contribution in [3.8, 4) is 17.0 Å². The Morgan fingerprint density at radius 2 is 1.97 bits per heavy atom. The van der Waals surface area contributed by atoms with Gasteiger partial charge >= 0.3 is 0 Å². The Labute approximate surface area is 168 Å². The molecule has 7 heteroatoms. The highest BCUT2D eigenvalue weighted by Crippen LogP contribution is 2.32. The van der Waals surface area contributed by atoms with E-state index in [1.54, 1.807) is 7.11 Å². The number of H-pyrrole nitrogens is 1. The van der Waals surface area contributed by atoms with Crippen LogP contribution in [0.5, 0.6) is 5.75 Å². The smallest absolute Gasteiger partial charge is 0.245 e. The van der Waals surface area contributed by atoms with Crippen molar-refractivity contribution in [3.05, 3.63) is 54.1 Å². The minimum absolute atomic E-state index is 0.161. The summed E-state index contributed by atoms with van der Waals surface area (Å²) >= 11 is 0. The molecule has 2 heterocycles. The summed E-state index contributed by atoms with van der Waals surface area (Å²) in [5.74, 6) is 0.160. The van der Waals surface area contributed by atoms with Crippen LogP contribution < -0.4 is 15.4 Å². The van der Waals surface area contributed by atoms with Gasteiger partial charge in [0.2, 0.25) is 11.8 Å². The van der Waals surface area contributed by atoms with Gasteiger partial charge in [0, 0.05) is 29.6 Å². The first-order valence-corrected chi connectivity index (χ1v) is 9.56. The zero-order valence-electron chi connectivity index (χ0n) is 16.1. The van der Waals surface area contributed by atoms with Crippen LogP contribution in [0.1, 0.15) is 12.0 Å². The number of aryl methyl sites for hydroxylation is 1. The average Bonchev–Trinajstić information content (AvgIpc) is 3.27. The molecule has 4 rings (SSSR count). The van der Waals surface area contributed by atoms with Crippen LogP contribution in [-0.4, -0.2) is 47.7 Å². The monoisotopic (exact) mass is 393 g/mol. The number of β-amino-alcohol motifs (C(OH)–C–C–N with tert-alkyl or cyclic N) is 1. The van der Waals surface area contributed by atoms with Gasteiger partial charge in [0.05, 0.1) is 7.11 Å². The molecule has 150 valence electrons. The van der Waals surface area contributed by atoms with Crippen LogP contribution in [0.15, 0.2) is 48.5 Å². The third kappa shape index (κ3) is 3.82. The van der Waals surface area contributed by atoms with E-state index in [0.29, 0.717) is 6.42 Å². The fourth-order valence-electron chi connectivity index (χ4n) is 3.72. The summed E-state index contributed by atoms with van der Waals surface area (Å²) < 4.78 is 5.24. The van der Waals surface area contributed by atoms with Crippen LogP contribution in [0, 0.1) is 0 Å². The normalized spacial score (nSPS) is 18.6. The van der Waals surface area contributed by atoms with E-state index in [1.807, 2.05) is 48.5 Å². The lowest BCUT2D eigenvalue weighted by molar-refractivity contribution is -0.128. The number of amides is 2. The topological polar surface area (TPSA) is 103 Å². The zero-order valence-corrected chi connectivity index (χ0v) is 16.1. The zero-order chi connectivity index (χ0) is 20.4. The van der Waals surface area contributed by atoms with Gasteiger partial charge in [-0.25, -0.2) is 0 Å². The number of para-hydroxylation sites is 1. The lowest BCUT2D eigenvalue weighted by Gasteiger charge is -2.14. The maximum Gasteiger partial charge on any atom is 0.245 e. The van der Waals surface area contributed by atoms with E-state index in [4.69, 9.17) is 4.74 Å². The molecule has 29 heavy (non-hydrogen) atoms. The largest absolute Gasteiger partial charge is 0.497 e. The van der Waals surface area contributed by atoms with Crippen molar-refractivity contribution in [3.63, 3.8) is 0 Å². The summed E-state index contributed by atoms with van der Waals surface area (Å²) in [5.41, 5.74) is 4.00. The van der Waals surface area contributed by atoms with Crippen LogP contribution in [0.25, 0.3) is 22.2 Å². The van der Waals surface area contributed by atoms with Gasteiger partial charge in [0.15, 0.2) is 0 Å². The number of rotatable bonds is 6. The van der Waals surface area contributed by atoms with Gasteiger partial charge in [-0.2, -0.15) is 0 Å². The highest BCUT2D eigenvalue weighted by atomic mass is 16.5. The summed E-state index contributed by atoms with van der Waals surface area (Å²) in [6.45, 7) is 0.161. The van der Waals surface area contributed by atoms with Gasteiger partial charge in [-0.1, -0.05) is 18.2 Å².